The second-order valence-electron chi connectivity index (χ2n) is 6.16. The van der Waals surface area contributed by atoms with Gasteiger partial charge in [-0.05, 0) is 25.1 Å². The Morgan fingerprint density at radius 3 is 2.55 bits per heavy atom. The molecular formula is C22H16N2O4S. The summed E-state index contributed by atoms with van der Waals surface area (Å²) in [4.78, 5) is 43.3. The highest BCUT2D eigenvalue weighted by Crippen LogP contribution is 2.34. The van der Waals surface area contributed by atoms with Gasteiger partial charge in [0.1, 0.15) is 9.71 Å². The fraction of sp³-hybridized carbons (Fsp3) is 0.0909. The number of nitrogens with zero attached hydrogens (tertiary/aromatic N) is 2. The smallest absolute Gasteiger partial charge is 0.349 e. The van der Waals surface area contributed by atoms with Gasteiger partial charge in [-0.3, -0.25) is 19.1 Å². The number of pyridine rings is 2. The molecule has 0 amide bonds. The summed E-state index contributed by atoms with van der Waals surface area (Å²) in [6.45, 7) is 1.89. The van der Waals surface area contributed by atoms with Crippen LogP contribution in [0.4, 0.5) is 0 Å². The summed E-state index contributed by atoms with van der Waals surface area (Å²) in [5.41, 5.74) is 0.975. The van der Waals surface area contributed by atoms with Gasteiger partial charge >= 0.3 is 5.97 Å². The van der Waals surface area contributed by atoms with Crippen molar-refractivity contribution in [2.75, 3.05) is 6.61 Å². The van der Waals surface area contributed by atoms with Crippen molar-refractivity contribution in [1.82, 2.24) is 9.55 Å². The van der Waals surface area contributed by atoms with Crippen molar-refractivity contribution in [2.45, 2.75) is 6.92 Å². The van der Waals surface area contributed by atoms with Crippen molar-refractivity contribution in [2.24, 2.45) is 0 Å². The summed E-state index contributed by atoms with van der Waals surface area (Å²) < 4.78 is 6.64. The molecule has 1 aromatic carbocycles. The van der Waals surface area contributed by atoms with Crippen LogP contribution < -0.4 is 5.56 Å². The number of benzene rings is 1. The largest absolute Gasteiger partial charge is 0.462 e. The molecule has 0 aliphatic heterocycles. The summed E-state index contributed by atoms with van der Waals surface area (Å²) in [5.74, 6) is -0.880. The van der Waals surface area contributed by atoms with Gasteiger partial charge in [-0.2, -0.15) is 0 Å². The van der Waals surface area contributed by atoms with Crippen LogP contribution in [-0.2, 0) is 4.74 Å². The lowest BCUT2D eigenvalue weighted by atomic mass is 10.0. The molecule has 144 valence electrons. The van der Waals surface area contributed by atoms with E-state index in [4.69, 9.17) is 4.74 Å². The first-order valence-corrected chi connectivity index (χ1v) is 9.79. The molecule has 4 aromatic rings. The monoisotopic (exact) mass is 404 g/mol. The number of hydrogen-bond donors (Lipinski definition) is 0. The van der Waals surface area contributed by atoms with Gasteiger partial charge in [-0.1, -0.05) is 30.3 Å². The zero-order valence-electron chi connectivity index (χ0n) is 15.5. The van der Waals surface area contributed by atoms with Crippen molar-refractivity contribution in [3.8, 4) is 5.69 Å². The maximum Gasteiger partial charge on any atom is 0.349 e. The second-order valence-corrected chi connectivity index (χ2v) is 7.16. The first-order chi connectivity index (χ1) is 14.1. The van der Waals surface area contributed by atoms with E-state index in [0.29, 0.717) is 21.5 Å². The van der Waals surface area contributed by atoms with Gasteiger partial charge in [-0.25, -0.2) is 4.79 Å². The van der Waals surface area contributed by atoms with Crippen LogP contribution in [0.25, 0.3) is 15.9 Å². The van der Waals surface area contributed by atoms with Crippen LogP contribution in [0.5, 0.6) is 0 Å². The average molecular weight is 404 g/mol. The normalized spacial score (nSPS) is 10.8. The molecule has 4 rings (SSSR count). The summed E-state index contributed by atoms with van der Waals surface area (Å²) in [7, 11) is 0. The maximum absolute atomic E-state index is 13.3. The Hall–Kier alpha value is -3.58. The van der Waals surface area contributed by atoms with E-state index in [2.05, 4.69) is 4.98 Å². The van der Waals surface area contributed by atoms with Gasteiger partial charge in [0.15, 0.2) is 5.78 Å². The number of fused-ring (bicyclic) bond motifs is 1. The van der Waals surface area contributed by atoms with Gasteiger partial charge in [-0.15, -0.1) is 11.3 Å². The van der Waals surface area contributed by atoms with Gasteiger partial charge in [0, 0.05) is 23.2 Å². The molecule has 0 aliphatic carbocycles. The predicted molar refractivity (Wildman–Crippen MR) is 111 cm³/mol. The molecule has 0 saturated carbocycles. The molecule has 0 aliphatic rings. The zero-order valence-corrected chi connectivity index (χ0v) is 16.3. The molecule has 0 atom stereocenters. The highest BCUT2D eigenvalue weighted by molar-refractivity contribution is 7.21. The Balaban J connectivity index is 2.03. The van der Waals surface area contributed by atoms with Crippen LogP contribution in [0.1, 0.15) is 32.5 Å². The molecule has 0 saturated heterocycles. The fourth-order valence-electron chi connectivity index (χ4n) is 3.11. The lowest BCUT2D eigenvalue weighted by Gasteiger charge is -2.07. The molecular weight excluding hydrogens is 388 g/mol. The second kappa shape index (κ2) is 7.81. The zero-order chi connectivity index (χ0) is 20.4. The summed E-state index contributed by atoms with van der Waals surface area (Å²) >= 11 is 1.07. The third kappa shape index (κ3) is 3.36. The minimum atomic E-state index is -0.585. The number of thiophene rings is 1. The van der Waals surface area contributed by atoms with Gasteiger partial charge in [0.25, 0.3) is 5.56 Å². The van der Waals surface area contributed by atoms with E-state index < -0.39 is 5.97 Å². The molecule has 0 spiro atoms. The quantitative estimate of drug-likeness (QED) is 0.373. The first kappa shape index (κ1) is 18.8. The van der Waals surface area contributed by atoms with Crippen molar-refractivity contribution in [3.63, 3.8) is 0 Å². The number of carbonyl (C=O) groups excluding carboxylic acids is 2. The van der Waals surface area contributed by atoms with E-state index in [1.54, 1.807) is 61.8 Å². The summed E-state index contributed by atoms with van der Waals surface area (Å²) in [6, 6.07) is 15.2. The Labute approximate surface area is 170 Å². The summed E-state index contributed by atoms with van der Waals surface area (Å²) in [5, 5.41) is 0.523. The van der Waals surface area contributed by atoms with E-state index in [9.17, 15) is 14.4 Å². The molecule has 3 heterocycles. The van der Waals surface area contributed by atoms with Gasteiger partial charge < -0.3 is 4.74 Å². The van der Waals surface area contributed by atoms with Gasteiger partial charge in [0.2, 0.25) is 0 Å². The lowest BCUT2D eigenvalue weighted by molar-refractivity contribution is 0.0529. The van der Waals surface area contributed by atoms with Crippen LogP contribution in [0.3, 0.4) is 0 Å². The van der Waals surface area contributed by atoms with Crippen LogP contribution in [0, 0.1) is 0 Å². The SMILES string of the molecule is CCOC(=O)c1sc2c(ccc(=O)n2-c2cccnc2)c1C(=O)c1ccccc1. The maximum atomic E-state index is 13.3. The Bertz CT molecular complexity index is 1260. The molecule has 3 aromatic heterocycles. The van der Waals surface area contributed by atoms with Crippen molar-refractivity contribution in [3.05, 3.63) is 93.3 Å². The number of carbonyl (C=O) groups is 2. The highest BCUT2D eigenvalue weighted by atomic mass is 32.1. The Kier molecular flexibility index (Phi) is 5.05. The van der Waals surface area contributed by atoms with E-state index in [0.717, 1.165) is 11.3 Å². The topological polar surface area (TPSA) is 78.3 Å². The van der Waals surface area contributed by atoms with E-state index in [1.165, 1.54) is 10.6 Å². The Morgan fingerprint density at radius 2 is 1.86 bits per heavy atom. The molecule has 0 unspecified atom stereocenters. The number of aromatic nitrogens is 2. The molecule has 0 fully saturated rings. The Morgan fingerprint density at radius 1 is 1.07 bits per heavy atom. The molecule has 0 N–H and O–H groups in total. The molecule has 6 nitrogen and oxygen atoms in total. The molecule has 0 bridgehead atoms. The van der Waals surface area contributed by atoms with E-state index >= 15 is 0 Å². The minimum absolute atomic E-state index is 0.180. The molecule has 7 heteroatoms. The number of esters is 1. The van der Waals surface area contributed by atoms with Crippen molar-refractivity contribution < 1.29 is 14.3 Å². The minimum Gasteiger partial charge on any atom is -0.462 e. The van der Waals surface area contributed by atoms with Crippen molar-refractivity contribution in [1.29, 1.82) is 0 Å². The van der Waals surface area contributed by atoms with Gasteiger partial charge in [0.05, 0.1) is 24.1 Å². The number of rotatable bonds is 5. The van der Waals surface area contributed by atoms with Crippen LogP contribution in [-0.4, -0.2) is 27.9 Å². The standard InChI is InChI=1S/C22H16N2O4S/c1-2-28-22(27)20-18(19(26)14-7-4-3-5-8-14)16-10-11-17(25)24(21(16)29-20)15-9-6-12-23-13-15/h3-13H,2H2,1H3. The van der Waals surface area contributed by atoms with Crippen LogP contribution >= 0.6 is 11.3 Å². The molecule has 0 radical (unpaired) electrons. The first-order valence-electron chi connectivity index (χ1n) is 8.97. The highest BCUT2D eigenvalue weighted by Gasteiger charge is 2.27. The third-order valence-corrected chi connectivity index (χ3v) is 5.54. The van der Waals surface area contributed by atoms with Crippen LogP contribution in [0.2, 0.25) is 0 Å². The van der Waals surface area contributed by atoms with E-state index in [-0.39, 0.29) is 28.4 Å². The average Bonchev–Trinajstić information content (AvgIpc) is 3.14. The summed E-state index contributed by atoms with van der Waals surface area (Å²) in [6.07, 6.45) is 3.17. The van der Waals surface area contributed by atoms with E-state index in [1.807, 2.05) is 6.07 Å². The number of hydrogen-bond acceptors (Lipinski definition) is 6. The lowest BCUT2D eigenvalue weighted by Crippen LogP contribution is -2.16. The third-order valence-electron chi connectivity index (χ3n) is 4.37. The molecule has 29 heavy (non-hydrogen) atoms. The number of ketones is 1. The fourth-order valence-corrected chi connectivity index (χ4v) is 4.32. The van der Waals surface area contributed by atoms with Crippen LogP contribution in [0.15, 0.2) is 71.8 Å². The number of ether oxygens (including phenoxy) is 1. The van der Waals surface area contributed by atoms with Crippen molar-refractivity contribution >= 4 is 33.3 Å². The predicted octanol–water partition coefficient (Wildman–Crippen LogP) is 3.85.